The van der Waals surface area contributed by atoms with E-state index in [1.165, 1.54) is 0 Å². The average Bonchev–Trinajstić information content (AvgIpc) is 3.11. The van der Waals surface area contributed by atoms with Gasteiger partial charge >= 0.3 is 23.9 Å². The fourth-order valence-corrected chi connectivity index (χ4v) is 5.71. The molecule has 0 aromatic carbocycles. The molecule has 0 unspecified atom stereocenters. The summed E-state index contributed by atoms with van der Waals surface area (Å²) < 4.78 is 0. The maximum atomic E-state index is 12.6. The molecular weight excluding hydrogens is 710 g/mol. The van der Waals surface area contributed by atoms with Crippen molar-refractivity contribution in [2.45, 2.75) is 148 Å². The van der Waals surface area contributed by atoms with E-state index in [-0.39, 0.29) is 62.4 Å². The molecule has 54 heavy (non-hydrogen) atoms. The van der Waals surface area contributed by atoms with Gasteiger partial charge in [0.25, 0.3) is 0 Å². The van der Waals surface area contributed by atoms with E-state index in [0.29, 0.717) is 25.8 Å². The molecule has 0 spiro atoms. The van der Waals surface area contributed by atoms with E-state index in [1.54, 1.807) is 0 Å². The summed E-state index contributed by atoms with van der Waals surface area (Å²) >= 11 is 0. The number of hydrogen-bond acceptors (Lipinski definition) is 10. The molecule has 0 aromatic heterocycles. The Morgan fingerprint density at radius 1 is 0.481 bits per heavy atom. The van der Waals surface area contributed by atoms with Crippen molar-refractivity contribution in [3.63, 3.8) is 0 Å². The highest BCUT2D eigenvalue weighted by molar-refractivity contribution is 5.88. The summed E-state index contributed by atoms with van der Waals surface area (Å²) in [4.78, 5) is 120. The number of ketones is 3. The molecule has 0 bridgehead atoms. The number of rotatable bonds is 33. The molecule has 0 aliphatic carbocycles. The van der Waals surface area contributed by atoms with Crippen molar-refractivity contribution in [2.75, 3.05) is 6.54 Å². The van der Waals surface area contributed by atoms with Crippen LogP contribution in [0, 0.1) is 17.8 Å². The minimum absolute atomic E-state index is 0.00505. The van der Waals surface area contributed by atoms with E-state index in [2.05, 4.69) is 16.0 Å². The van der Waals surface area contributed by atoms with Gasteiger partial charge in [-0.1, -0.05) is 33.6 Å². The Kier molecular flexibility index (Phi) is 25.4. The molecule has 0 aromatic rings. The second-order valence-corrected chi connectivity index (χ2v) is 13.5. The van der Waals surface area contributed by atoms with Gasteiger partial charge in [-0.3, -0.25) is 38.4 Å². The predicted octanol–water partition coefficient (Wildman–Crippen LogP) is 3.05. The SMILES string of the molecule is CCCCC(=O)C[C@@H](CCC(=O)N[C@@H](CCC(=O)C[C@@H](CCC(=O)N[C@@H](CCC(=O)NCCCC[C@H](CC)C(=O)CC)C(=O)O)C(=O)O)C(=O)O)C(=O)O. The predicted molar refractivity (Wildman–Crippen MR) is 193 cm³/mol. The van der Waals surface area contributed by atoms with E-state index in [1.807, 2.05) is 20.8 Å². The van der Waals surface area contributed by atoms with Gasteiger partial charge in [-0.05, 0) is 51.4 Å². The Morgan fingerprint density at radius 3 is 1.37 bits per heavy atom. The van der Waals surface area contributed by atoms with Crippen LogP contribution in [0.1, 0.15) is 136 Å². The number of nitrogens with one attached hydrogen (secondary N) is 3. The molecule has 0 aliphatic rings. The molecule has 7 N–H and O–H groups in total. The zero-order valence-corrected chi connectivity index (χ0v) is 31.7. The Balaban J connectivity index is 4.83. The summed E-state index contributed by atoms with van der Waals surface area (Å²) in [6.45, 7) is 5.99. The third-order valence-corrected chi connectivity index (χ3v) is 9.13. The van der Waals surface area contributed by atoms with Crippen LogP contribution in [-0.4, -0.2) is 98.0 Å². The number of Topliss-reactive ketones (excluding diaryl/α,β-unsaturated/α-hetero) is 3. The number of aliphatic carboxylic acids is 4. The first-order valence-electron chi connectivity index (χ1n) is 18.8. The van der Waals surface area contributed by atoms with Crippen LogP contribution < -0.4 is 16.0 Å². The van der Waals surface area contributed by atoms with Gasteiger partial charge in [0.1, 0.15) is 29.4 Å². The highest BCUT2D eigenvalue weighted by atomic mass is 16.4. The van der Waals surface area contributed by atoms with E-state index < -0.39 is 97.0 Å². The minimum atomic E-state index is -1.53. The fourth-order valence-electron chi connectivity index (χ4n) is 5.71. The second kappa shape index (κ2) is 27.8. The van der Waals surface area contributed by atoms with Crippen LogP contribution in [0.5, 0.6) is 0 Å². The van der Waals surface area contributed by atoms with E-state index in [9.17, 15) is 68.4 Å². The number of carbonyl (C=O) groups excluding carboxylic acids is 6. The van der Waals surface area contributed by atoms with Crippen molar-refractivity contribution in [2.24, 2.45) is 17.8 Å². The van der Waals surface area contributed by atoms with Crippen LogP contribution in [0.15, 0.2) is 0 Å². The molecular formula is C37H59N3O14. The molecule has 0 saturated heterocycles. The van der Waals surface area contributed by atoms with Gasteiger partial charge in [-0.2, -0.15) is 0 Å². The normalized spacial score (nSPS) is 13.7. The monoisotopic (exact) mass is 769 g/mol. The molecule has 0 rings (SSSR count). The third kappa shape index (κ3) is 22.4. The van der Waals surface area contributed by atoms with Gasteiger partial charge in [-0.25, -0.2) is 9.59 Å². The lowest BCUT2D eigenvalue weighted by molar-refractivity contribution is -0.145. The molecule has 5 atom stereocenters. The fraction of sp³-hybridized carbons (Fsp3) is 0.730. The molecule has 306 valence electrons. The Hall–Kier alpha value is -4.70. The third-order valence-electron chi connectivity index (χ3n) is 9.13. The summed E-state index contributed by atoms with van der Waals surface area (Å²) in [6, 6.07) is -2.96. The molecule has 0 radical (unpaired) electrons. The van der Waals surface area contributed by atoms with Crippen LogP contribution in [0.3, 0.4) is 0 Å². The summed E-state index contributed by atoms with van der Waals surface area (Å²) in [5, 5.41) is 45.2. The molecule has 17 nitrogen and oxygen atoms in total. The van der Waals surface area contributed by atoms with E-state index in [4.69, 9.17) is 0 Å². The lowest BCUT2D eigenvalue weighted by Crippen LogP contribution is -2.42. The maximum Gasteiger partial charge on any atom is 0.326 e. The van der Waals surface area contributed by atoms with E-state index in [0.717, 1.165) is 25.7 Å². The first-order valence-corrected chi connectivity index (χ1v) is 18.8. The molecule has 0 heterocycles. The Bertz CT molecular complexity index is 1300. The molecule has 0 fully saturated rings. The van der Waals surface area contributed by atoms with E-state index >= 15 is 0 Å². The number of carboxylic acids is 4. The summed E-state index contributed by atoms with van der Waals surface area (Å²) in [5.74, 6) is -10.7. The van der Waals surface area contributed by atoms with Crippen molar-refractivity contribution in [3.8, 4) is 0 Å². The first kappa shape index (κ1) is 49.3. The lowest BCUT2D eigenvalue weighted by atomic mass is 9.93. The first-order chi connectivity index (χ1) is 25.4. The van der Waals surface area contributed by atoms with Crippen LogP contribution in [0.2, 0.25) is 0 Å². The smallest absolute Gasteiger partial charge is 0.326 e. The highest BCUT2D eigenvalue weighted by Gasteiger charge is 2.28. The Labute approximate surface area is 315 Å². The summed E-state index contributed by atoms with van der Waals surface area (Å²) in [6.07, 6.45) is 1.48. The van der Waals surface area contributed by atoms with Gasteiger partial charge in [0.2, 0.25) is 17.7 Å². The molecule has 0 aliphatic heterocycles. The molecule has 0 saturated carbocycles. The van der Waals surface area contributed by atoms with Crippen molar-refractivity contribution in [1.29, 1.82) is 0 Å². The number of unbranched alkanes of at least 4 members (excludes halogenated alkanes) is 2. The van der Waals surface area contributed by atoms with Gasteiger partial charge in [0.05, 0.1) is 11.8 Å². The summed E-state index contributed by atoms with van der Waals surface area (Å²) in [7, 11) is 0. The zero-order valence-electron chi connectivity index (χ0n) is 31.7. The summed E-state index contributed by atoms with van der Waals surface area (Å²) in [5.41, 5.74) is 0. The van der Waals surface area contributed by atoms with Crippen molar-refractivity contribution in [1.82, 2.24) is 16.0 Å². The molecule has 3 amide bonds. The van der Waals surface area contributed by atoms with Crippen molar-refractivity contribution >= 4 is 58.9 Å². The number of amides is 3. The second-order valence-electron chi connectivity index (χ2n) is 13.5. The Morgan fingerprint density at radius 2 is 0.944 bits per heavy atom. The number of carboxylic acid groups (broad SMARTS) is 4. The van der Waals surface area contributed by atoms with Crippen molar-refractivity contribution < 1.29 is 68.4 Å². The van der Waals surface area contributed by atoms with Gasteiger partial charge < -0.3 is 36.4 Å². The topological polar surface area (TPSA) is 288 Å². The quantitative estimate of drug-likeness (QED) is 0.0473. The van der Waals surface area contributed by atoms with Gasteiger partial charge in [0.15, 0.2) is 0 Å². The largest absolute Gasteiger partial charge is 0.481 e. The zero-order chi connectivity index (χ0) is 41.2. The molecule has 17 heteroatoms. The minimum Gasteiger partial charge on any atom is -0.481 e. The van der Waals surface area contributed by atoms with Crippen LogP contribution >= 0.6 is 0 Å². The maximum absolute atomic E-state index is 12.6. The standard InChI is InChI=1S/C37H59N3O14/c1-4-7-11-26(41)21-24(34(47)48)12-17-32(45)39-28(36(51)52)15-14-27(42)22-25(35(49)50)13-18-33(46)40-29(37(53)54)16-19-31(44)38-20-9-8-10-23(5-2)30(43)6-3/h23-25,28-29H,4-22H2,1-3H3,(H,38,44)(H,39,45)(H,40,46)(H,47,48)(H,49,50)(H,51,52)(H,53,54)/t23-,24+,25+,28-,29-/m0/s1. The van der Waals surface area contributed by atoms with Gasteiger partial charge in [-0.15, -0.1) is 0 Å². The van der Waals surface area contributed by atoms with Crippen LogP contribution in [-0.2, 0) is 47.9 Å². The average molecular weight is 770 g/mol. The van der Waals surface area contributed by atoms with Crippen molar-refractivity contribution in [3.05, 3.63) is 0 Å². The van der Waals surface area contributed by atoms with Crippen LogP contribution in [0.4, 0.5) is 0 Å². The number of carbonyl (C=O) groups is 10. The van der Waals surface area contributed by atoms with Crippen LogP contribution in [0.25, 0.3) is 0 Å². The van der Waals surface area contributed by atoms with Gasteiger partial charge in [0, 0.05) is 63.8 Å². The number of hydrogen-bond donors (Lipinski definition) is 7. The highest BCUT2D eigenvalue weighted by Crippen LogP contribution is 2.18. The lowest BCUT2D eigenvalue weighted by Gasteiger charge is -2.17.